The first-order valence-electron chi connectivity index (χ1n) is 9.07. The zero-order chi connectivity index (χ0) is 21.0. The van der Waals surface area contributed by atoms with Gasteiger partial charge >= 0.3 is 5.97 Å². The summed E-state index contributed by atoms with van der Waals surface area (Å²) < 4.78 is 5.07. The Labute approximate surface area is 167 Å². The van der Waals surface area contributed by atoms with Gasteiger partial charge in [-0.25, -0.2) is 0 Å². The van der Waals surface area contributed by atoms with Gasteiger partial charge in [0.2, 0.25) is 11.8 Å². The Morgan fingerprint density at radius 2 is 1.76 bits per heavy atom. The topological polar surface area (TPSA) is 119 Å². The Morgan fingerprint density at radius 3 is 2.38 bits per heavy atom. The molecule has 2 aromatic carbocycles. The van der Waals surface area contributed by atoms with Crippen molar-refractivity contribution in [2.24, 2.45) is 11.7 Å². The minimum atomic E-state index is -0.619. The number of esters is 1. The first-order valence-corrected chi connectivity index (χ1v) is 9.07. The van der Waals surface area contributed by atoms with Crippen molar-refractivity contribution >= 4 is 35.1 Å². The lowest BCUT2D eigenvalue weighted by Crippen LogP contribution is -2.28. The number of carbonyl (C=O) groups excluding carboxylic acids is 4. The zero-order valence-corrected chi connectivity index (χ0v) is 15.9. The molecule has 8 nitrogen and oxygen atoms in total. The fraction of sp³-hybridized carbons (Fsp3) is 0.238. The summed E-state index contributed by atoms with van der Waals surface area (Å²) in [5.74, 6) is -2.46. The number of nitrogens with two attached hydrogens (primary N) is 1. The number of hydrogen-bond donors (Lipinski definition) is 2. The molecule has 1 aliphatic heterocycles. The molecule has 3 N–H and O–H groups in total. The average Bonchev–Trinajstić information content (AvgIpc) is 3.09. The van der Waals surface area contributed by atoms with Crippen LogP contribution in [-0.2, 0) is 19.1 Å². The summed E-state index contributed by atoms with van der Waals surface area (Å²) in [6.07, 6.45) is 0.0446. The van der Waals surface area contributed by atoms with E-state index in [1.165, 1.54) is 24.3 Å². The van der Waals surface area contributed by atoms with Gasteiger partial charge < -0.3 is 20.7 Å². The molecular formula is C21H21N3O5. The van der Waals surface area contributed by atoms with E-state index in [2.05, 4.69) is 5.32 Å². The second kappa shape index (κ2) is 8.55. The minimum Gasteiger partial charge on any atom is -0.455 e. The molecule has 1 heterocycles. The summed E-state index contributed by atoms with van der Waals surface area (Å²) in [5.41, 5.74) is 7.72. The fourth-order valence-electron chi connectivity index (χ4n) is 3.01. The van der Waals surface area contributed by atoms with Crippen molar-refractivity contribution in [1.29, 1.82) is 0 Å². The van der Waals surface area contributed by atoms with Crippen LogP contribution in [0.25, 0.3) is 0 Å². The lowest BCUT2D eigenvalue weighted by Gasteiger charge is -2.16. The maximum atomic E-state index is 12.3. The SMILES string of the molecule is Cc1ccc(N2C[C@H](C(=O)OCC(=O)Nc3ccc(C(N)=O)cc3)CC2=O)cc1. The smallest absolute Gasteiger partial charge is 0.311 e. The van der Waals surface area contributed by atoms with E-state index in [1.807, 2.05) is 31.2 Å². The molecule has 0 unspecified atom stereocenters. The van der Waals surface area contributed by atoms with Gasteiger partial charge in [0.15, 0.2) is 6.61 Å². The van der Waals surface area contributed by atoms with Crippen LogP contribution in [0.2, 0.25) is 0 Å². The van der Waals surface area contributed by atoms with Crippen molar-refractivity contribution < 1.29 is 23.9 Å². The number of nitrogens with one attached hydrogen (secondary N) is 1. The molecule has 2 aromatic rings. The third kappa shape index (κ3) is 4.98. The highest BCUT2D eigenvalue weighted by Gasteiger charge is 2.36. The Hall–Kier alpha value is -3.68. The van der Waals surface area contributed by atoms with Gasteiger partial charge in [0.25, 0.3) is 5.91 Å². The summed E-state index contributed by atoms with van der Waals surface area (Å²) in [6, 6.07) is 13.5. The van der Waals surface area contributed by atoms with E-state index in [9.17, 15) is 19.2 Å². The molecule has 150 valence electrons. The summed E-state index contributed by atoms with van der Waals surface area (Å²) in [7, 11) is 0. The van der Waals surface area contributed by atoms with E-state index in [0.717, 1.165) is 11.3 Å². The van der Waals surface area contributed by atoms with E-state index in [0.29, 0.717) is 11.3 Å². The maximum Gasteiger partial charge on any atom is 0.311 e. The molecule has 3 amide bonds. The Kier molecular flexibility index (Phi) is 5.92. The monoisotopic (exact) mass is 395 g/mol. The van der Waals surface area contributed by atoms with Gasteiger partial charge in [-0.15, -0.1) is 0 Å². The number of aryl methyl sites for hydroxylation is 1. The van der Waals surface area contributed by atoms with E-state index in [-0.39, 0.29) is 18.9 Å². The van der Waals surface area contributed by atoms with Crippen LogP contribution in [0.5, 0.6) is 0 Å². The van der Waals surface area contributed by atoms with E-state index < -0.39 is 30.3 Å². The average molecular weight is 395 g/mol. The highest BCUT2D eigenvalue weighted by atomic mass is 16.5. The number of amides is 3. The number of anilines is 2. The second-order valence-electron chi connectivity index (χ2n) is 6.84. The molecule has 1 atom stereocenters. The normalized spacial score (nSPS) is 15.8. The molecule has 29 heavy (non-hydrogen) atoms. The molecule has 1 aliphatic rings. The first-order chi connectivity index (χ1) is 13.8. The number of benzene rings is 2. The number of hydrogen-bond acceptors (Lipinski definition) is 5. The van der Waals surface area contributed by atoms with Gasteiger partial charge in [-0.3, -0.25) is 19.2 Å². The fourth-order valence-corrected chi connectivity index (χ4v) is 3.01. The van der Waals surface area contributed by atoms with Crippen LogP contribution < -0.4 is 16.0 Å². The van der Waals surface area contributed by atoms with Crippen molar-refractivity contribution in [2.75, 3.05) is 23.4 Å². The number of rotatable bonds is 6. The van der Waals surface area contributed by atoms with Crippen LogP contribution in [0, 0.1) is 12.8 Å². The Balaban J connectivity index is 1.50. The summed E-state index contributed by atoms with van der Waals surface area (Å²) in [4.78, 5) is 49.1. The van der Waals surface area contributed by atoms with E-state index >= 15 is 0 Å². The zero-order valence-electron chi connectivity index (χ0n) is 15.9. The summed E-state index contributed by atoms with van der Waals surface area (Å²) in [6.45, 7) is 1.70. The third-order valence-corrected chi connectivity index (χ3v) is 4.60. The lowest BCUT2D eigenvalue weighted by molar-refractivity contribution is -0.151. The molecular weight excluding hydrogens is 374 g/mol. The number of primary amides is 1. The Bertz CT molecular complexity index is 938. The quantitative estimate of drug-likeness (QED) is 0.721. The van der Waals surface area contributed by atoms with Crippen molar-refractivity contribution in [1.82, 2.24) is 0 Å². The van der Waals surface area contributed by atoms with Gasteiger partial charge in [0.1, 0.15) is 0 Å². The van der Waals surface area contributed by atoms with E-state index in [1.54, 1.807) is 4.90 Å². The van der Waals surface area contributed by atoms with Crippen molar-refractivity contribution in [2.45, 2.75) is 13.3 Å². The molecule has 8 heteroatoms. The standard InChI is InChI=1S/C21H21N3O5/c1-13-2-8-17(9-3-13)24-11-15(10-19(24)26)21(28)29-12-18(25)23-16-6-4-14(5-7-16)20(22)27/h2-9,15H,10-12H2,1H3,(H2,22,27)(H,23,25)/t15-/m1/s1. The highest BCUT2D eigenvalue weighted by Crippen LogP contribution is 2.26. The molecule has 1 saturated heterocycles. The summed E-state index contributed by atoms with van der Waals surface area (Å²) >= 11 is 0. The van der Waals surface area contributed by atoms with Gasteiger partial charge in [0, 0.05) is 29.9 Å². The molecule has 1 fully saturated rings. The van der Waals surface area contributed by atoms with Crippen LogP contribution in [0.3, 0.4) is 0 Å². The van der Waals surface area contributed by atoms with Gasteiger partial charge in [-0.2, -0.15) is 0 Å². The maximum absolute atomic E-state index is 12.3. The van der Waals surface area contributed by atoms with Crippen molar-refractivity contribution in [3.05, 3.63) is 59.7 Å². The van der Waals surface area contributed by atoms with Crippen LogP contribution in [0.15, 0.2) is 48.5 Å². The number of nitrogens with zero attached hydrogens (tertiary/aromatic N) is 1. The third-order valence-electron chi connectivity index (χ3n) is 4.60. The molecule has 0 spiro atoms. The largest absolute Gasteiger partial charge is 0.455 e. The van der Waals surface area contributed by atoms with Gasteiger partial charge in [-0.05, 0) is 43.3 Å². The number of carbonyl (C=O) groups is 4. The summed E-state index contributed by atoms with van der Waals surface area (Å²) in [5, 5.41) is 2.56. The van der Waals surface area contributed by atoms with Crippen LogP contribution in [-0.4, -0.2) is 36.8 Å². The number of ether oxygens (including phenoxy) is 1. The first kappa shape index (κ1) is 20.1. The molecule has 0 aliphatic carbocycles. The van der Waals surface area contributed by atoms with Crippen molar-refractivity contribution in [3.8, 4) is 0 Å². The molecule has 0 radical (unpaired) electrons. The molecule has 0 aromatic heterocycles. The van der Waals surface area contributed by atoms with E-state index in [4.69, 9.17) is 10.5 Å². The predicted octanol–water partition coefficient (Wildman–Crippen LogP) is 1.63. The second-order valence-corrected chi connectivity index (χ2v) is 6.84. The lowest BCUT2D eigenvalue weighted by atomic mass is 10.1. The van der Waals surface area contributed by atoms with Crippen molar-refractivity contribution in [3.63, 3.8) is 0 Å². The molecule has 3 rings (SSSR count). The van der Waals surface area contributed by atoms with Gasteiger partial charge in [-0.1, -0.05) is 17.7 Å². The van der Waals surface area contributed by atoms with Gasteiger partial charge in [0.05, 0.1) is 5.92 Å². The minimum absolute atomic E-state index is 0.0446. The van der Waals surface area contributed by atoms with Crippen LogP contribution in [0.1, 0.15) is 22.3 Å². The molecule has 0 bridgehead atoms. The van der Waals surface area contributed by atoms with Crippen LogP contribution in [0.4, 0.5) is 11.4 Å². The molecule has 0 saturated carbocycles. The predicted molar refractivity (Wildman–Crippen MR) is 106 cm³/mol. The van der Waals surface area contributed by atoms with Crippen LogP contribution >= 0.6 is 0 Å². The highest BCUT2D eigenvalue weighted by molar-refractivity contribution is 6.00. The Morgan fingerprint density at radius 1 is 1.10 bits per heavy atom.